The molecule has 96 valence electrons. The van der Waals surface area contributed by atoms with Gasteiger partial charge in [0.15, 0.2) is 0 Å². The first-order chi connectivity index (χ1) is 8.70. The van der Waals surface area contributed by atoms with Gasteiger partial charge in [-0.25, -0.2) is 0 Å². The highest BCUT2D eigenvalue weighted by Crippen LogP contribution is 2.20. The highest BCUT2D eigenvalue weighted by Gasteiger charge is 2.09. The van der Waals surface area contributed by atoms with E-state index in [1.54, 1.807) is 13.4 Å². The van der Waals surface area contributed by atoms with E-state index in [4.69, 9.17) is 4.74 Å². The van der Waals surface area contributed by atoms with E-state index in [-0.39, 0.29) is 0 Å². The Morgan fingerprint density at radius 1 is 1.28 bits per heavy atom. The summed E-state index contributed by atoms with van der Waals surface area (Å²) in [5.41, 5.74) is 1.14. The van der Waals surface area contributed by atoms with Gasteiger partial charge in [-0.15, -0.1) is 10.2 Å². The first kappa shape index (κ1) is 12.6. The standard InChI is InChI=1S/C14H19N3O/c1-11(2)9-17-10-15-16-14(17)8-12-6-4-5-7-13(12)18-3/h4-7,10-11H,8-9H2,1-3H3. The third kappa shape index (κ3) is 2.88. The van der Waals surface area contributed by atoms with E-state index in [2.05, 4.69) is 34.7 Å². The Balaban J connectivity index is 2.21. The zero-order valence-electron chi connectivity index (χ0n) is 11.1. The molecule has 1 aromatic carbocycles. The normalized spacial score (nSPS) is 10.9. The average Bonchev–Trinajstić information content (AvgIpc) is 2.76. The van der Waals surface area contributed by atoms with Gasteiger partial charge in [0.2, 0.25) is 0 Å². The predicted octanol–water partition coefficient (Wildman–Crippen LogP) is 2.53. The first-order valence-corrected chi connectivity index (χ1v) is 6.19. The van der Waals surface area contributed by atoms with Gasteiger partial charge < -0.3 is 9.30 Å². The molecule has 0 radical (unpaired) electrons. The third-order valence-electron chi connectivity index (χ3n) is 2.80. The van der Waals surface area contributed by atoms with E-state index in [1.165, 1.54) is 0 Å². The molecule has 0 saturated carbocycles. The molecule has 0 bridgehead atoms. The second kappa shape index (κ2) is 5.67. The van der Waals surface area contributed by atoms with Crippen molar-refractivity contribution in [1.29, 1.82) is 0 Å². The Kier molecular flexibility index (Phi) is 3.97. The Morgan fingerprint density at radius 3 is 2.78 bits per heavy atom. The van der Waals surface area contributed by atoms with Gasteiger partial charge >= 0.3 is 0 Å². The molecule has 2 rings (SSSR count). The largest absolute Gasteiger partial charge is 0.496 e. The maximum atomic E-state index is 5.36. The van der Waals surface area contributed by atoms with E-state index in [1.807, 2.05) is 18.2 Å². The lowest BCUT2D eigenvalue weighted by Crippen LogP contribution is -2.08. The summed E-state index contributed by atoms with van der Waals surface area (Å²) in [6.07, 6.45) is 2.54. The number of nitrogens with zero attached hydrogens (tertiary/aromatic N) is 3. The summed E-state index contributed by atoms with van der Waals surface area (Å²) in [7, 11) is 1.69. The number of benzene rings is 1. The molecular weight excluding hydrogens is 226 g/mol. The second-order valence-electron chi connectivity index (χ2n) is 4.78. The van der Waals surface area contributed by atoms with Crippen molar-refractivity contribution in [2.45, 2.75) is 26.8 Å². The zero-order chi connectivity index (χ0) is 13.0. The summed E-state index contributed by atoms with van der Waals surface area (Å²) in [6, 6.07) is 8.02. The molecule has 4 nitrogen and oxygen atoms in total. The summed E-state index contributed by atoms with van der Waals surface area (Å²) in [6.45, 7) is 5.32. The monoisotopic (exact) mass is 245 g/mol. The van der Waals surface area contributed by atoms with Crippen LogP contribution in [0.1, 0.15) is 25.2 Å². The Labute approximate surface area is 108 Å². The number of para-hydroxylation sites is 1. The highest BCUT2D eigenvalue weighted by atomic mass is 16.5. The second-order valence-corrected chi connectivity index (χ2v) is 4.78. The third-order valence-corrected chi connectivity index (χ3v) is 2.80. The van der Waals surface area contributed by atoms with Crippen molar-refractivity contribution in [2.75, 3.05) is 7.11 Å². The van der Waals surface area contributed by atoms with Crippen LogP contribution in [0.4, 0.5) is 0 Å². The van der Waals surface area contributed by atoms with Crippen molar-refractivity contribution in [3.05, 3.63) is 42.0 Å². The van der Waals surface area contributed by atoms with Crippen LogP contribution in [0.25, 0.3) is 0 Å². The number of hydrogen-bond acceptors (Lipinski definition) is 3. The molecule has 2 aromatic rings. The van der Waals surface area contributed by atoms with Crippen LogP contribution in [0.2, 0.25) is 0 Å². The first-order valence-electron chi connectivity index (χ1n) is 6.19. The zero-order valence-corrected chi connectivity index (χ0v) is 11.1. The molecule has 0 N–H and O–H groups in total. The molecule has 18 heavy (non-hydrogen) atoms. The molecule has 0 aliphatic rings. The van der Waals surface area contributed by atoms with Crippen molar-refractivity contribution in [2.24, 2.45) is 5.92 Å². The van der Waals surface area contributed by atoms with Gasteiger partial charge in [0.25, 0.3) is 0 Å². The topological polar surface area (TPSA) is 39.9 Å². The fraction of sp³-hybridized carbons (Fsp3) is 0.429. The quantitative estimate of drug-likeness (QED) is 0.812. The SMILES string of the molecule is COc1ccccc1Cc1nncn1CC(C)C. The minimum Gasteiger partial charge on any atom is -0.496 e. The summed E-state index contributed by atoms with van der Waals surface area (Å²) in [4.78, 5) is 0. The van der Waals surface area contributed by atoms with Crippen LogP contribution in [-0.4, -0.2) is 21.9 Å². The van der Waals surface area contributed by atoms with Crippen LogP contribution in [0.15, 0.2) is 30.6 Å². The predicted molar refractivity (Wildman–Crippen MR) is 70.7 cm³/mol. The molecule has 1 heterocycles. The number of methoxy groups -OCH3 is 1. The van der Waals surface area contributed by atoms with Gasteiger partial charge in [0.05, 0.1) is 7.11 Å². The average molecular weight is 245 g/mol. The van der Waals surface area contributed by atoms with Crippen molar-refractivity contribution >= 4 is 0 Å². The van der Waals surface area contributed by atoms with Gasteiger partial charge in [0.1, 0.15) is 17.9 Å². The molecule has 0 amide bonds. The minimum atomic E-state index is 0.581. The molecule has 0 unspecified atom stereocenters. The summed E-state index contributed by atoms with van der Waals surface area (Å²) >= 11 is 0. The lowest BCUT2D eigenvalue weighted by atomic mass is 10.1. The maximum absolute atomic E-state index is 5.36. The molecular formula is C14H19N3O. The molecule has 0 atom stereocenters. The van der Waals surface area contributed by atoms with Gasteiger partial charge in [0, 0.05) is 18.5 Å². The van der Waals surface area contributed by atoms with Crippen LogP contribution in [0.5, 0.6) is 5.75 Å². The molecule has 1 aromatic heterocycles. The molecule has 0 aliphatic carbocycles. The summed E-state index contributed by atoms with van der Waals surface area (Å²) < 4.78 is 7.47. The lowest BCUT2D eigenvalue weighted by molar-refractivity contribution is 0.409. The lowest BCUT2D eigenvalue weighted by Gasteiger charge is -2.11. The Hall–Kier alpha value is -1.84. The van der Waals surface area contributed by atoms with Crippen LogP contribution >= 0.6 is 0 Å². The van der Waals surface area contributed by atoms with E-state index in [0.29, 0.717) is 5.92 Å². The van der Waals surface area contributed by atoms with Crippen molar-refractivity contribution in [3.63, 3.8) is 0 Å². The Morgan fingerprint density at radius 2 is 2.06 bits per heavy atom. The smallest absolute Gasteiger partial charge is 0.137 e. The van der Waals surface area contributed by atoms with Crippen LogP contribution in [0.3, 0.4) is 0 Å². The fourth-order valence-electron chi connectivity index (χ4n) is 1.98. The number of rotatable bonds is 5. The maximum Gasteiger partial charge on any atom is 0.137 e. The van der Waals surface area contributed by atoms with Gasteiger partial charge in [-0.05, 0) is 12.0 Å². The van der Waals surface area contributed by atoms with Crippen molar-refractivity contribution in [3.8, 4) is 5.75 Å². The number of ether oxygens (including phenoxy) is 1. The van der Waals surface area contributed by atoms with Gasteiger partial charge in [-0.2, -0.15) is 0 Å². The number of aromatic nitrogens is 3. The van der Waals surface area contributed by atoms with E-state index in [0.717, 1.165) is 30.1 Å². The highest BCUT2D eigenvalue weighted by molar-refractivity contribution is 5.35. The van der Waals surface area contributed by atoms with E-state index >= 15 is 0 Å². The molecule has 0 fully saturated rings. The summed E-state index contributed by atoms with van der Waals surface area (Å²) in [5, 5.41) is 8.20. The van der Waals surface area contributed by atoms with Crippen LogP contribution < -0.4 is 4.74 Å². The number of hydrogen-bond donors (Lipinski definition) is 0. The molecule has 4 heteroatoms. The van der Waals surface area contributed by atoms with Crippen molar-refractivity contribution in [1.82, 2.24) is 14.8 Å². The van der Waals surface area contributed by atoms with Gasteiger partial charge in [-0.3, -0.25) is 0 Å². The van der Waals surface area contributed by atoms with Crippen LogP contribution in [0, 0.1) is 5.92 Å². The van der Waals surface area contributed by atoms with Crippen LogP contribution in [-0.2, 0) is 13.0 Å². The molecule has 0 saturated heterocycles. The fourth-order valence-corrected chi connectivity index (χ4v) is 1.98. The van der Waals surface area contributed by atoms with E-state index < -0.39 is 0 Å². The van der Waals surface area contributed by atoms with Gasteiger partial charge in [-0.1, -0.05) is 32.0 Å². The van der Waals surface area contributed by atoms with E-state index in [9.17, 15) is 0 Å². The molecule has 0 spiro atoms. The summed E-state index contributed by atoms with van der Waals surface area (Å²) in [5.74, 6) is 2.46. The van der Waals surface area contributed by atoms with Crippen molar-refractivity contribution < 1.29 is 4.74 Å². The minimum absolute atomic E-state index is 0.581. The Bertz CT molecular complexity index is 505. The molecule has 0 aliphatic heterocycles.